The van der Waals surface area contributed by atoms with Gasteiger partial charge in [-0.2, -0.15) is 18.3 Å². The number of nitrogens with two attached hydrogens (primary N) is 1. The molecule has 1 aliphatic rings. The molecule has 210 valence electrons. The molecule has 15 heteroatoms. The Kier molecular flexibility index (Phi) is 7.63. The van der Waals surface area contributed by atoms with Crippen molar-refractivity contribution in [2.75, 3.05) is 25.9 Å². The number of halogens is 4. The van der Waals surface area contributed by atoms with Gasteiger partial charge in [0.15, 0.2) is 5.82 Å². The van der Waals surface area contributed by atoms with Crippen LogP contribution >= 0.6 is 0 Å². The van der Waals surface area contributed by atoms with Crippen molar-refractivity contribution in [3.63, 3.8) is 0 Å². The molecule has 4 N–H and O–H groups in total. The number of ether oxygens (including phenoxy) is 1. The molecule has 11 nitrogen and oxygen atoms in total. The molecule has 1 unspecified atom stereocenters. The summed E-state index contributed by atoms with van der Waals surface area (Å²) in [6.45, 7) is 3.18. The molecule has 4 rings (SSSR count). The minimum Gasteiger partial charge on any atom is -0.480 e. The van der Waals surface area contributed by atoms with Crippen molar-refractivity contribution in [2.24, 2.45) is 5.92 Å². The van der Waals surface area contributed by atoms with Gasteiger partial charge in [-0.3, -0.25) is 9.59 Å². The summed E-state index contributed by atoms with van der Waals surface area (Å²) in [5.41, 5.74) is 3.97. The Balaban J connectivity index is 1.63. The number of anilines is 1. The first-order valence-electron chi connectivity index (χ1n) is 12.0. The standard InChI is InChI=1S/C24H27F4N7O4/c1-11(2)4-18(36)23(38)34-8-15(25)16(9-34)33-21(37)13-5-12(7-30-22(13)39-3)17-6-14(24(26,27)28)19-20(29)31-10-32-35(17)19/h5-7,10-11,15-16,18,36H,4,8-9H2,1-3H3,(H,33,37)(H2,29,31,32)/t15-,16+,18?/m0/s1. The van der Waals surface area contributed by atoms with E-state index < -0.39 is 53.2 Å². The van der Waals surface area contributed by atoms with E-state index in [2.05, 4.69) is 20.4 Å². The Bertz CT molecular complexity index is 1390. The monoisotopic (exact) mass is 553 g/mol. The molecule has 0 radical (unpaired) electrons. The van der Waals surface area contributed by atoms with Crippen molar-refractivity contribution in [3.8, 4) is 17.1 Å². The average molecular weight is 554 g/mol. The molecule has 39 heavy (non-hydrogen) atoms. The first-order chi connectivity index (χ1) is 18.3. The number of hydrogen-bond acceptors (Lipinski definition) is 8. The quantitative estimate of drug-likeness (QED) is 0.377. The number of likely N-dealkylation sites (tertiary alicyclic amines) is 1. The number of nitrogens with zero attached hydrogens (tertiary/aromatic N) is 5. The molecule has 4 heterocycles. The highest BCUT2D eigenvalue weighted by Gasteiger charge is 2.39. The van der Waals surface area contributed by atoms with E-state index in [0.717, 1.165) is 21.8 Å². The molecule has 0 spiro atoms. The van der Waals surface area contributed by atoms with Crippen LogP contribution in [-0.4, -0.2) is 79.9 Å². The van der Waals surface area contributed by atoms with Gasteiger partial charge in [0.25, 0.3) is 11.8 Å². The van der Waals surface area contributed by atoms with Crippen LogP contribution in [0.5, 0.6) is 5.88 Å². The Morgan fingerprint density at radius 3 is 2.62 bits per heavy atom. The lowest BCUT2D eigenvalue weighted by Crippen LogP contribution is -2.43. The van der Waals surface area contributed by atoms with E-state index in [1.807, 2.05) is 13.8 Å². The Morgan fingerprint density at radius 2 is 1.97 bits per heavy atom. The van der Waals surface area contributed by atoms with Gasteiger partial charge >= 0.3 is 6.18 Å². The second-order valence-corrected chi connectivity index (χ2v) is 9.61. The van der Waals surface area contributed by atoms with Crippen LogP contribution in [0.1, 0.15) is 36.2 Å². The lowest BCUT2D eigenvalue weighted by molar-refractivity contribution is -0.140. The summed E-state index contributed by atoms with van der Waals surface area (Å²) in [5.74, 6) is -1.96. The minimum absolute atomic E-state index is 0.0447. The second kappa shape index (κ2) is 10.6. The molecule has 1 fully saturated rings. The van der Waals surface area contributed by atoms with Crippen molar-refractivity contribution >= 4 is 23.1 Å². The number of methoxy groups -OCH3 is 1. The van der Waals surface area contributed by atoms with Gasteiger partial charge in [-0.25, -0.2) is 18.9 Å². The van der Waals surface area contributed by atoms with Crippen LogP contribution in [0.3, 0.4) is 0 Å². The number of nitrogens with one attached hydrogen (secondary N) is 1. The van der Waals surface area contributed by atoms with Crippen LogP contribution in [0.15, 0.2) is 24.7 Å². The zero-order valence-corrected chi connectivity index (χ0v) is 21.2. The fourth-order valence-corrected chi connectivity index (χ4v) is 4.49. The zero-order valence-electron chi connectivity index (χ0n) is 21.2. The SMILES string of the molecule is COc1ncc(-c2cc(C(F)(F)F)c3c(N)ncnn23)cc1C(=O)N[C@@H]1CN(C(=O)C(O)CC(C)C)C[C@@H]1F. The van der Waals surface area contributed by atoms with Crippen molar-refractivity contribution in [2.45, 2.75) is 44.8 Å². The summed E-state index contributed by atoms with van der Waals surface area (Å²) < 4.78 is 62.0. The van der Waals surface area contributed by atoms with Gasteiger partial charge in [0.05, 0.1) is 31.0 Å². The summed E-state index contributed by atoms with van der Waals surface area (Å²) in [6.07, 6.45) is -5.28. The van der Waals surface area contributed by atoms with Crippen LogP contribution in [0.4, 0.5) is 23.4 Å². The summed E-state index contributed by atoms with van der Waals surface area (Å²) in [4.78, 5) is 34.5. The molecule has 2 amide bonds. The zero-order chi connectivity index (χ0) is 28.6. The normalized spacial score (nSPS) is 18.5. The number of nitrogen functional groups attached to an aromatic ring is 1. The third kappa shape index (κ3) is 5.57. The number of aliphatic hydroxyl groups is 1. The largest absolute Gasteiger partial charge is 0.480 e. The van der Waals surface area contributed by atoms with Gasteiger partial charge in [0.2, 0.25) is 5.88 Å². The summed E-state index contributed by atoms with van der Waals surface area (Å²) >= 11 is 0. The molecule has 0 saturated carbocycles. The Labute approximate surface area is 220 Å². The number of carbonyl (C=O) groups is 2. The van der Waals surface area contributed by atoms with Gasteiger partial charge in [0.1, 0.15) is 29.7 Å². The molecule has 0 aromatic carbocycles. The fourth-order valence-electron chi connectivity index (χ4n) is 4.49. The van der Waals surface area contributed by atoms with Gasteiger partial charge < -0.3 is 25.8 Å². The molecular formula is C24H27F4N7O4. The smallest absolute Gasteiger partial charge is 0.418 e. The van der Waals surface area contributed by atoms with Gasteiger partial charge in [-0.1, -0.05) is 13.8 Å². The molecule has 1 saturated heterocycles. The highest BCUT2D eigenvalue weighted by Crippen LogP contribution is 2.39. The highest BCUT2D eigenvalue weighted by atomic mass is 19.4. The molecule has 0 aliphatic carbocycles. The maximum absolute atomic E-state index is 14.8. The van der Waals surface area contributed by atoms with Crippen LogP contribution < -0.4 is 15.8 Å². The number of fused-ring (bicyclic) bond motifs is 1. The van der Waals surface area contributed by atoms with Gasteiger partial charge in [0, 0.05) is 18.3 Å². The molecule has 3 aromatic rings. The van der Waals surface area contributed by atoms with E-state index in [1.54, 1.807) is 0 Å². The van der Waals surface area contributed by atoms with Crippen LogP contribution in [-0.2, 0) is 11.0 Å². The van der Waals surface area contributed by atoms with Crippen LogP contribution in [0.25, 0.3) is 16.8 Å². The third-order valence-corrected chi connectivity index (χ3v) is 6.33. The maximum atomic E-state index is 14.8. The number of aliphatic hydroxyl groups excluding tert-OH is 1. The summed E-state index contributed by atoms with van der Waals surface area (Å²) in [7, 11) is 1.24. The summed E-state index contributed by atoms with van der Waals surface area (Å²) in [6, 6.07) is 0.949. The van der Waals surface area contributed by atoms with Crippen molar-refractivity contribution in [1.29, 1.82) is 0 Å². The van der Waals surface area contributed by atoms with Gasteiger partial charge in [-0.15, -0.1) is 0 Å². The lowest BCUT2D eigenvalue weighted by Gasteiger charge is -2.21. The van der Waals surface area contributed by atoms with E-state index in [9.17, 15) is 32.3 Å². The topological polar surface area (TPSA) is 148 Å². The van der Waals surface area contributed by atoms with E-state index in [0.29, 0.717) is 0 Å². The molecule has 1 aliphatic heterocycles. The Morgan fingerprint density at radius 1 is 1.26 bits per heavy atom. The number of alkyl halides is 4. The first-order valence-corrected chi connectivity index (χ1v) is 12.0. The number of hydrogen-bond donors (Lipinski definition) is 3. The predicted molar refractivity (Wildman–Crippen MR) is 130 cm³/mol. The number of amides is 2. The molecule has 0 bridgehead atoms. The predicted octanol–water partition coefficient (Wildman–Crippen LogP) is 2.09. The highest BCUT2D eigenvalue weighted by molar-refractivity contribution is 5.98. The fraction of sp³-hybridized carbons (Fsp3) is 0.458. The van der Waals surface area contributed by atoms with E-state index >= 15 is 0 Å². The van der Waals surface area contributed by atoms with Crippen LogP contribution in [0, 0.1) is 5.92 Å². The number of carbonyl (C=O) groups excluding carboxylic acids is 2. The number of rotatable bonds is 7. The average Bonchev–Trinajstić information content (AvgIpc) is 3.44. The van der Waals surface area contributed by atoms with E-state index in [1.165, 1.54) is 19.4 Å². The Hall–Kier alpha value is -4.01. The number of aromatic nitrogens is 4. The maximum Gasteiger partial charge on any atom is 0.418 e. The lowest BCUT2D eigenvalue weighted by atomic mass is 10.1. The van der Waals surface area contributed by atoms with E-state index in [-0.39, 0.29) is 48.1 Å². The van der Waals surface area contributed by atoms with Gasteiger partial charge in [-0.05, 0) is 24.5 Å². The molecular weight excluding hydrogens is 526 g/mol. The van der Waals surface area contributed by atoms with Crippen molar-refractivity contribution in [3.05, 3.63) is 35.8 Å². The molecule has 3 atom stereocenters. The van der Waals surface area contributed by atoms with Crippen LogP contribution in [0.2, 0.25) is 0 Å². The minimum atomic E-state index is -4.77. The van der Waals surface area contributed by atoms with Crippen molar-refractivity contribution < 1.29 is 37.0 Å². The van der Waals surface area contributed by atoms with Crippen molar-refractivity contribution in [1.82, 2.24) is 29.8 Å². The summed E-state index contributed by atoms with van der Waals surface area (Å²) in [5, 5.41) is 16.5. The first kappa shape index (κ1) is 28.0. The number of pyridine rings is 1. The second-order valence-electron chi connectivity index (χ2n) is 9.61. The third-order valence-electron chi connectivity index (χ3n) is 6.33. The molecule has 3 aromatic heterocycles. The van der Waals surface area contributed by atoms with E-state index in [4.69, 9.17) is 10.5 Å².